The van der Waals surface area contributed by atoms with Gasteiger partial charge in [0.1, 0.15) is 5.75 Å². The fourth-order valence-electron chi connectivity index (χ4n) is 1.58. The van der Waals surface area contributed by atoms with E-state index in [0.29, 0.717) is 4.83 Å². The molecule has 2 nitrogen and oxygen atoms in total. The number of alkyl halides is 1. The van der Waals surface area contributed by atoms with E-state index in [-0.39, 0.29) is 0 Å². The fraction of sp³-hybridized carbons (Fsp3) is 0.500. The highest BCUT2D eigenvalue weighted by atomic mass is 79.9. The lowest BCUT2D eigenvalue weighted by atomic mass is 10.2. The van der Waals surface area contributed by atoms with Gasteiger partial charge in [-0.1, -0.05) is 38.8 Å². The van der Waals surface area contributed by atoms with E-state index < -0.39 is 0 Å². The van der Waals surface area contributed by atoms with Crippen molar-refractivity contribution in [2.24, 2.45) is 0 Å². The van der Waals surface area contributed by atoms with Crippen molar-refractivity contribution < 1.29 is 4.74 Å². The average molecular weight is 351 g/mol. The Balaban J connectivity index is 2.71. The molecule has 0 N–H and O–H groups in total. The Morgan fingerprint density at radius 2 is 2.12 bits per heavy atom. The molecule has 90 valence electrons. The predicted octanol–water partition coefficient (Wildman–Crippen LogP) is 3.67. The highest BCUT2D eigenvalue weighted by Crippen LogP contribution is 2.23. The van der Waals surface area contributed by atoms with E-state index in [9.17, 15) is 0 Å². The molecule has 0 spiro atoms. The number of ether oxygens (including phenoxy) is 1. The van der Waals surface area contributed by atoms with Crippen LogP contribution in [0.25, 0.3) is 0 Å². The highest BCUT2D eigenvalue weighted by Gasteiger charge is 2.07. The third-order valence-corrected chi connectivity index (χ3v) is 3.32. The van der Waals surface area contributed by atoms with Gasteiger partial charge in [-0.2, -0.15) is 0 Å². The maximum atomic E-state index is 5.22. The van der Waals surface area contributed by atoms with Gasteiger partial charge in [0.2, 0.25) is 0 Å². The summed E-state index contributed by atoms with van der Waals surface area (Å²) in [4.78, 5) is 2.78. The van der Waals surface area contributed by atoms with Crippen LogP contribution in [0.1, 0.15) is 12.5 Å². The minimum atomic E-state index is 0.502. The molecule has 0 bridgehead atoms. The Morgan fingerprint density at radius 1 is 1.44 bits per heavy atom. The maximum absolute atomic E-state index is 5.22. The largest absolute Gasteiger partial charge is 0.497 e. The molecular weight excluding hydrogens is 334 g/mol. The second-order valence-corrected chi connectivity index (χ2v) is 6.35. The quantitative estimate of drug-likeness (QED) is 0.751. The van der Waals surface area contributed by atoms with Gasteiger partial charge in [-0.15, -0.1) is 0 Å². The normalized spacial score (nSPS) is 12.9. The molecule has 1 aromatic rings. The Bertz CT molecular complexity index is 342. The van der Waals surface area contributed by atoms with Gasteiger partial charge in [0, 0.05) is 22.4 Å². The fourth-order valence-corrected chi connectivity index (χ4v) is 2.45. The summed E-state index contributed by atoms with van der Waals surface area (Å²) in [5, 5.41) is 0. The van der Waals surface area contributed by atoms with Crippen LogP contribution in [0, 0.1) is 0 Å². The van der Waals surface area contributed by atoms with Gasteiger partial charge in [-0.05, 0) is 30.8 Å². The number of hydrogen-bond donors (Lipinski definition) is 0. The molecule has 1 unspecified atom stereocenters. The summed E-state index contributed by atoms with van der Waals surface area (Å²) < 4.78 is 6.35. The molecule has 0 fully saturated rings. The summed E-state index contributed by atoms with van der Waals surface area (Å²) in [7, 11) is 3.81. The molecule has 0 aliphatic rings. The number of halogens is 2. The summed E-state index contributed by atoms with van der Waals surface area (Å²) in [6.45, 7) is 4.08. The molecule has 4 heteroatoms. The lowest BCUT2D eigenvalue weighted by Crippen LogP contribution is -2.24. The molecular formula is C12H17Br2NO. The Morgan fingerprint density at radius 3 is 2.69 bits per heavy atom. The summed E-state index contributed by atoms with van der Waals surface area (Å²) in [6.07, 6.45) is 0. The lowest BCUT2D eigenvalue weighted by Gasteiger charge is -2.19. The van der Waals surface area contributed by atoms with E-state index in [2.05, 4.69) is 56.8 Å². The summed E-state index contributed by atoms with van der Waals surface area (Å²) in [6, 6.07) is 6.06. The third kappa shape index (κ3) is 4.44. The number of benzene rings is 1. The van der Waals surface area contributed by atoms with Crippen molar-refractivity contribution in [3.63, 3.8) is 0 Å². The maximum Gasteiger partial charge on any atom is 0.119 e. The molecule has 1 aromatic carbocycles. The zero-order valence-corrected chi connectivity index (χ0v) is 13.0. The third-order valence-electron chi connectivity index (χ3n) is 2.26. The first kappa shape index (κ1) is 14.0. The first-order valence-electron chi connectivity index (χ1n) is 5.18. The van der Waals surface area contributed by atoms with Crippen LogP contribution in [0.15, 0.2) is 22.7 Å². The average Bonchev–Trinajstić information content (AvgIpc) is 2.20. The molecule has 0 aliphatic heterocycles. The summed E-state index contributed by atoms with van der Waals surface area (Å²) in [5.41, 5.74) is 1.25. The van der Waals surface area contributed by atoms with Crippen molar-refractivity contribution in [3.05, 3.63) is 28.2 Å². The molecule has 0 aromatic heterocycles. The van der Waals surface area contributed by atoms with Gasteiger partial charge in [0.25, 0.3) is 0 Å². The van der Waals surface area contributed by atoms with E-state index in [0.717, 1.165) is 23.3 Å². The molecule has 1 atom stereocenters. The monoisotopic (exact) mass is 349 g/mol. The Kier molecular flexibility index (Phi) is 5.79. The van der Waals surface area contributed by atoms with Crippen molar-refractivity contribution in [3.8, 4) is 5.75 Å². The number of hydrogen-bond acceptors (Lipinski definition) is 2. The van der Waals surface area contributed by atoms with Gasteiger partial charge >= 0.3 is 0 Å². The SMILES string of the molecule is COc1ccc(Br)c(CN(C)CC(C)Br)c1. The van der Waals surface area contributed by atoms with Crippen molar-refractivity contribution in [2.75, 3.05) is 20.7 Å². The van der Waals surface area contributed by atoms with Crippen LogP contribution in [0.3, 0.4) is 0 Å². The number of rotatable bonds is 5. The van der Waals surface area contributed by atoms with Crippen LogP contribution < -0.4 is 4.74 Å². The van der Waals surface area contributed by atoms with Gasteiger partial charge in [-0.3, -0.25) is 0 Å². The van der Waals surface area contributed by atoms with Crippen molar-refractivity contribution >= 4 is 31.9 Å². The van der Waals surface area contributed by atoms with Gasteiger partial charge in [0.05, 0.1) is 7.11 Å². The number of methoxy groups -OCH3 is 1. The zero-order valence-electron chi connectivity index (χ0n) is 9.84. The Hall–Kier alpha value is -0.0600. The van der Waals surface area contributed by atoms with Gasteiger partial charge < -0.3 is 9.64 Å². The first-order valence-corrected chi connectivity index (χ1v) is 6.89. The molecule has 0 heterocycles. The van der Waals surface area contributed by atoms with E-state index in [1.54, 1.807) is 7.11 Å². The first-order chi connectivity index (χ1) is 7.52. The highest BCUT2D eigenvalue weighted by molar-refractivity contribution is 9.10. The Labute approximate surface area is 114 Å². The minimum Gasteiger partial charge on any atom is -0.497 e. The zero-order chi connectivity index (χ0) is 12.1. The van der Waals surface area contributed by atoms with Crippen molar-refractivity contribution in [2.45, 2.75) is 18.3 Å². The minimum absolute atomic E-state index is 0.502. The molecule has 0 radical (unpaired) electrons. The van der Waals surface area contributed by atoms with Crippen molar-refractivity contribution in [1.29, 1.82) is 0 Å². The van der Waals surface area contributed by atoms with Crippen molar-refractivity contribution in [1.82, 2.24) is 4.90 Å². The smallest absolute Gasteiger partial charge is 0.119 e. The van der Waals surface area contributed by atoms with Crippen LogP contribution in [0.2, 0.25) is 0 Å². The van der Waals surface area contributed by atoms with Crippen LogP contribution in [-0.4, -0.2) is 30.4 Å². The molecule has 0 saturated heterocycles. The van der Waals surface area contributed by atoms with E-state index in [1.165, 1.54) is 5.56 Å². The van der Waals surface area contributed by atoms with Gasteiger partial charge in [0.15, 0.2) is 0 Å². The molecule has 0 amide bonds. The standard InChI is InChI=1S/C12H17Br2NO/c1-9(13)7-15(2)8-10-6-11(16-3)4-5-12(10)14/h4-6,9H,7-8H2,1-3H3. The second-order valence-electron chi connectivity index (χ2n) is 3.93. The lowest BCUT2D eigenvalue weighted by molar-refractivity contribution is 0.331. The van der Waals surface area contributed by atoms with E-state index in [1.807, 2.05) is 12.1 Å². The second kappa shape index (κ2) is 6.62. The van der Waals surface area contributed by atoms with Gasteiger partial charge in [-0.25, -0.2) is 0 Å². The molecule has 0 saturated carbocycles. The van der Waals surface area contributed by atoms with Crippen LogP contribution >= 0.6 is 31.9 Å². The van der Waals surface area contributed by atoms with Crippen LogP contribution in [0.4, 0.5) is 0 Å². The molecule has 16 heavy (non-hydrogen) atoms. The summed E-state index contributed by atoms with van der Waals surface area (Å²) >= 11 is 7.12. The number of nitrogens with zero attached hydrogens (tertiary/aromatic N) is 1. The van der Waals surface area contributed by atoms with Crippen LogP contribution in [-0.2, 0) is 6.54 Å². The summed E-state index contributed by atoms with van der Waals surface area (Å²) in [5.74, 6) is 0.901. The topological polar surface area (TPSA) is 12.5 Å². The van der Waals surface area contributed by atoms with E-state index >= 15 is 0 Å². The molecule has 0 aliphatic carbocycles. The van der Waals surface area contributed by atoms with E-state index in [4.69, 9.17) is 4.74 Å². The van der Waals surface area contributed by atoms with Crippen LogP contribution in [0.5, 0.6) is 5.75 Å². The predicted molar refractivity (Wildman–Crippen MR) is 75.4 cm³/mol. The molecule has 1 rings (SSSR count).